The van der Waals surface area contributed by atoms with Crippen molar-refractivity contribution in [2.75, 3.05) is 10.6 Å². The predicted octanol–water partition coefficient (Wildman–Crippen LogP) is 4.66. The van der Waals surface area contributed by atoms with Gasteiger partial charge in [0.15, 0.2) is 0 Å². The molecule has 3 rings (SSSR count). The zero-order valence-corrected chi connectivity index (χ0v) is 15.6. The summed E-state index contributed by atoms with van der Waals surface area (Å²) in [6, 6.07) is 19.4. The number of hydrogen-bond acceptors (Lipinski definition) is 3. The maximum atomic E-state index is 12.2. The van der Waals surface area contributed by atoms with Crippen LogP contribution in [0.4, 0.5) is 11.4 Å². The summed E-state index contributed by atoms with van der Waals surface area (Å²) < 4.78 is 0.597. The molecular formula is C20H16BrN3O2. The first kappa shape index (κ1) is 17.8. The molecule has 130 valence electrons. The van der Waals surface area contributed by atoms with Crippen LogP contribution in [-0.4, -0.2) is 16.8 Å². The van der Waals surface area contributed by atoms with E-state index in [1.807, 2.05) is 19.1 Å². The van der Waals surface area contributed by atoms with E-state index in [-0.39, 0.29) is 11.8 Å². The van der Waals surface area contributed by atoms with Gasteiger partial charge in [0.2, 0.25) is 0 Å². The number of hydrogen-bond donors (Lipinski definition) is 2. The Morgan fingerprint density at radius 3 is 1.96 bits per heavy atom. The predicted molar refractivity (Wildman–Crippen MR) is 105 cm³/mol. The summed E-state index contributed by atoms with van der Waals surface area (Å²) in [5.74, 6) is -0.483. The molecule has 0 fully saturated rings. The molecule has 0 radical (unpaired) electrons. The maximum absolute atomic E-state index is 12.2. The number of pyridine rings is 1. The van der Waals surface area contributed by atoms with Crippen LogP contribution in [0.15, 0.2) is 71.3 Å². The van der Waals surface area contributed by atoms with Crippen LogP contribution in [0.1, 0.15) is 26.4 Å². The second kappa shape index (κ2) is 7.93. The number of carbonyl (C=O) groups is 2. The van der Waals surface area contributed by atoms with Crippen molar-refractivity contribution in [3.8, 4) is 0 Å². The minimum atomic E-state index is -0.303. The molecule has 0 bridgehead atoms. The molecule has 0 aliphatic carbocycles. The zero-order chi connectivity index (χ0) is 18.5. The Balaban J connectivity index is 1.64. The van der Waals surface area contributed by atoms with Crippen molar-refractivity contribution >= 4 is 39.1 Å². The minimum absolute atomic E-state index is 0.180. The van der Waals surface area contributed by atoms with Gasteiger partial charge in [0.1, 0.15) is 10.3 Å². The van der Waals surface area contributed by atoms with Crippen molar-refractivity contribution in [3.63, 3.8) is 0 Å². The highest BCUT2D eigenvalue weighted by molar-refractivity contribution is 9.10. The van der Waals surface area contributed by atoms with Crippen LogP contribution in [0.25, 0.3) is 0 Å². The molecule has 1 aromatic heterocycles. The van der Waals surface area contributed by atoms with E-state index < -0.39 is 0 Å². The Hall–Kier alpha value is -2.99. The van der Waals surface area contributed by atoms with Gasteiger partial charge in [0.25, 0.3) is 11.8 Å². The molecule has 0 atom stereocenters. The van der Waals surface area contributed by atoms with Crippen LogP contribution in [-0.2, 0) is 0 Å². The average Bonchev–Trinajstić information content (AvgIpc) is 2.64. The third-order valence-corrected chi connectivity index (χ3v) is 4.10. The van der Waals surface area contributed by atoms with E-state index in [0.717, 1.165) is 5.56 Å². The van der Waals surface area contributed by atoms with Gasteiger partial charge < -0.3 is 10.6 Å². The van der Waals surface area contributed by atoms with Crippen LogP contribution in [0, 0.1) is 6.92 Å². The largest absolute Gasteiger partial charge is 0.322 e. The molecule has 0 aliphatic heterocycles. The van der Waals surface area contributed by atoms with Crippen molar-refractivity contribution in [3.05, 3.63) is 88.2 Å². The third-order valence-electron chi connectivity index (χ3n) is 3.66. The summed E-state index contributed by atoms with van der Waals surface area (Å²) in [5, 5.41) is 5.60. The lowest BCUT2D eigenvalue weighted by molar-refractivity contribution is 0.101. The highest BCUT2D eigenvalue weighted by Gasteiger charge is 2.09. The lowest BCUT2D eigenvalue weighted by Gasteiger charge is -2.08. The van der Waals surface area contributed by atoms with Gasteiger partial charge in [-0.1, -0.05) is 23.8 Å². The van der Waals surface area contributed by atoms with Gasteiger partial charge in [0, 0.05) is 16.9 Å². The summed E-state index contributed by atoms with van der Waals surface area (Å²) in [4.78, 5) is 28.5. The first-order valence-electron chi connectivity index (χ1n) is 7.93. The number of rotatable bonds is 4. The fraction of sp³-hybridized carbons (Fsp3) is 0.0500. The van der Waals surface area contributed by atoms with Crippen molar-refractivity contribution in [1.82, 2.24) is 4.98 Å². The van der Waals surface area contributed by atoms with Gasteiger partial charge in [-0.15, -0.1) is 0 Å². The summed E-state index contributed by atoms with van der Waals surface area (Å²) in [5.41, 5.74) is 3.27. The molecule has 0 saturated heterocycles. The molecular weight excluding hydrogens is 394 g/mol. The summed E-state index contributed by atoms with van der Waals surface area (Å²) in [6.45, 7) is 1.97. The van der Waals surface area contributed by atoms with Crippen molar-refractivity contribution in [1.29, 1.82) is 0 Å². The Morgan fingerprint density at radius 1 is 0.808 bits per heavy atom. The fourth-order valence-electron chi connectivity index (χ4n) is 2.27. The second-order valence-electron chi connectivity index (χ2n) is 5.70. The highest BCUT2D eigenvalue weighted by atomic mass is 79.9. The van der Waals surface area contributed by atoms with Crippen molar-refractivity contribution in [2.45, 2.75) is 6.92 Å². The number of nitrogens with one attached hydrogen (secondary N) is 2. The standard InChI is InChI=1S/C20H16BrN3O2/c1-13-5-7-14(8-6-13)19(25)22-15-9-11-16(12-10-15)23-20(26)17-3-2-4-18(21)24-17/h2-12H,1H3,(H,22,25)(H,23,26). The normalized spacial score (nSPS) is 10.2. The van der Waals surface area contributed by atoms with Gasteiger partial charge in [0.05, 0.1) is 0 Å². The molecule has 0 spiro atoms. The summed E-state index contributed by atoms with van der Waals surface area (Å²) in [6.07, 6.45) is 0. The monoisotopic (exact) mass is 409 g/mol. The number of aryl methyl sites for hydroxylation is 1. The van der Waals surface area contributed by atoms with Gasteiger partial charge in [-0.2, -0.15) is 0 Å². The fourth-order valence-corrected chi connectivity index (χ4v) is 2.62. The number of aromatic nitrogens is 1. The van der Waals surface area contributed by atoms with Crippen LogP contribution in [0.2, 0.25) is 0 Å². The molecule has 0 aliphatic rings. The van der Waals surface area contributed by atoms with E-state index in [9.17, 15) is 9.59 Å². The summed E-state index contributed by atoms with van der Waals surface area (Å²) in [7, 11) is 0. The van der Waals surface area contributed by atoms with Crippen molar-refractivity contribution in [2.24, 2.45) is 0 Å². The second-order valence-corrected chi connectivity index (χ2v) is 6.51. The van der Waals surface area contributed by atoms with E-state index in [0.29, 0.717) is 27.2 Å². The maximum Gasteiger partial charge on any atom is 0.274 e. The van der Waals surface area contributed by atoms with Crippen LogP contribution in [0.3, 0.4) is 0 Å². The first-order chi connectivity index (χ1) is 12.5. The summed E-state index contributed by atoms with van der Waals surface area (Å²) >= 11 is 3.24. The topological polar surface area (TPSA) is 71.1 Å². The molecule has 26 heavy (non-hydrogen) atoms. The Labute approximate surface area is 159 Å². The first-order valence-corrected chi connectivity index (χ1v) is 8.72. The number of nitrogens with zero attached hydrogens (tertiary/aromatic N) is 1. The Morgan fingerprint density at radius 2 is 1.38 bits per heavy atom. The van der Waals surface area contributed by atoms with Gasteiger partial charge in [-0.25, -0.2) is 4.98 Å². The van der Waals surface area contributed by atoms with Gasteiger partial charge in [-0.05, 0) is 71.4 Å². The van der Waals surface area contributed by atoms with E-state index in [1.54, 1.807) is 54.6 Å². The zero-order valence-electron chi connectivity index (χ0n) is 14.0. The SMILES string of the molecule is Cc1ccc(C(=O)Nc2ccc(NC(=O)c3cccc(Br)n3)cc2)cc1. The number of carbonyl (C=O) groups excluding carboxylic acids is 2. The van der Waals surface area contributed by atoms with Crippen LogP contribution in [0.5, 0.6) is 0 Å². The number of benzene rings is 2. The molecule has 2 N–H and O–H groups in total. The lowest BCUT2D eigenvalue weighted by Crippen LogP contribution is -2.14. The van der Waals surface area contributed by atoms with Gasteiger partial charge in [-0.3, -0.25) is 9.59 Å². The molecule has 0 saturated carbocycles. The number of anilines is 2. The molecule has 0 unspecified atom stereocenters. The molecule has 2 aromatic carbocycles. The van der Waals surface area contributed by atoms with E-state index in [4.69, 9.17) is 0 Å². The lowest BCUT2D eigenvalue weighted by atomic mass is 10.1. The van der Waals surface area contributed by atoms with E-state index >= 15 is 0 Å². The molecule has 3 aromatic rings. The van der Waals surface area contributed by atoms with E-state index in [1.165, 1.54) is 0 Å². The third kappa shape index (κ3) is 4.55. The van der Waals surface area contributed by atoms with Crippen molar-refractivity contribution < 1.29 is 9.59 Å². The molecule has 6 heteroatoms. The highest BCUT2D eigenvalue weighted by Crippen LogP contribution is 2.16. The number of amides is 2. The quantitative estimate of drug-likeness (QED) is 0.615. The molecule has 2 amide bonds. The Bertz CT molecular complexity index is 938. The minimum Gasteiger partial charge on any atom is -0.322 e. The number of halogens is 1. The molecule has 1 heterocycles. The smallest absolute Gasteiger partial charge is 0.274 e. The van der Waals surface area contributed by atoms with Gasteiger partial charge >= 0.3 is 0 Å². The van der Waals surface area contributed by atoms with E-state index in [2.05, 4.69) is 31.5 Å². The van der Waals surface area contributed by atoms with Crippen LogP contribution < -0.4 is 10.6 Å². The van der Waals surface area contributed by atoms with Crippen LogP contribution >= 0.6 is 15.9 Å². The molecule has 5 nitrogen and oxygen atoms in total. The Kier molecular flexibility index (Phi) is 5.43. The average molecular weight is 410 g/mol.